The number of rotatable bonds is 14. The lowest BCUT2D eigenvalue weighted by atomic mass is 10.0. The van der Waals surface area contributed by atoms with Gasteiger partial charge in [0.25, 0.3) is 0 Å². The van der Waals surface area contributed by atoms with Crippen LogP contribution in [0.15, 0.2) is 24.3 Å². The van der Waals surface area contributed by atoms with E-state index in [9.17, 15) is 0 Å². The molecule has 128 valence electrons. The van der Waals surface area contributed by atoms with Crippen LogP contribution in [0.5, 0.6) is 0 Å². The highest BCUT2D eigenvalue weighted by atomic mass is 16.2. The molecular weight excluding hydrogens is 280 g/mol. The molecule has 0 aliphatic heterocycles. The number of terminal acetylenes is 1. The second-order valence-corrected chi connectivity index (χ2v) is 5.92. The maximum absolute atomic E-state index is 8.49. The van der Waals surface area contributed by atoms with Crippen molar-refractivity contribution in [2.45, 2.75) is 83.5 Å². The van der Waals surface area contributed by atoms with Crippen LogP contribution in [-0.2, 0) is 0 Å². The van der Waals surface area contributed by atoms with Crippen molar-refractivity contribution in [3.8, 4) is 24.2 Å². The van der Waals surface area contributed by atoms with Crippen molar-refractivity contribution in [2.24, 2.45) is 0 Å². The van der Waals surface area contributed by atoms with Gasteiger partial charge in [0.15, 0.2) is 0 Å². The van der Waals surface area contributed by atoms with E-state index >= 15 is 0 Å². The van der Waals surface area contributed by atoms with E-state index in [0.717, 1.165) is 12.8 Å². The minimum Gasteiger partial charge on any atom is -0.384 e. The normalized spacial score (nSPS) is 10.8. The number of hydrogen-bond acceptors (Lipinski definition) is 1. The van der Waals surface area contributed by atoms with E-state index in [1.54, 1.807) is 0 Å². The molecule has 0 spiro atoms. The molecule has 0 radical (unpaired) electrons. The summed E-state index contributed by atoms with van der Waals surface area (Å²) in [5.74, 6) is 7.93. The highest BCUT2D eigenvalue weighted by Crippen LogP contribution is 2.12. The molecule has 0 amide bonds. The Balaban J connectivity index is 3.09. The van der Waals surface area contributed by atoms with E-state index < -0.39 is 0 Å². The summed E-state index contributed by atoms with van der Waals surface area (Å²) < 4.78 is 0. The van der Waals surface area contributed by atoms with E-state index in [4.69, 9.17) is 11.5 Å². The van der Waals surface area contributed by atoms with Crippen molar-refractivity contribution < 1.29 is 5.11 Å². The fourth-order valence-corrected chi connectivity index (χ4v) is 2.51. The average Bonchev–Trinajstić information content (AvgIpc) is 2.57. The van der Waals surface area contributed by atoms with Gasteiger partial charge in [-0.1, -0.05) is 87.7 Å². The SMILES string of the molecule is C#C/C=C/CCCCCCCCCCCCC/C=C/C#CCO. The molecule has 0 saturated carbocycles. The van der Waals surface area contributed by atoms with Crippen LogP contribution < -0.4 is 0 Å². The Morgan fingerprint density at radius 2 is 1.09 bits per heavy atom. The van der Waals surface area contributed by atoms with Crippen molar-refractivity contribution in [2.75, 3.05) is 6.61 Å². The monoisotopic (exact) mass is 314 g/mol. The summed E-state index contributed by atoms with van der Waals surface area (Å²) in [4.78, 5) is 0. The lowest BCUT2D eigenvalue weighted by Crippen LogP contribution is -1.82. The Kier molecular flexibility index (Phi) is 19.3. The smallest absolute Gasteiger partial charge is 0.104 e. The van der Waals surface area contributed by atoms with Crippen molar-refractivity contribution >= 4 is 0 Å². The van der Waals surface area contributed by atoms with Gasteiger partial charge in [0.1, 0.15) is 6.61 Å². The molecule has 0 aromatic rings. The van der Waals surface area contributed by atoms with Crippen molar-refractivity contribution in [3.05, 3.63) is 24.3 Å². The molecule has 0 aromatic heterocycles. The van der Waals surface area contributed by atoms with Crippen LogP contribution in [0.1, 0.15) is 83.5 Å². The standard InChI is InChI=1S/C22H34O/c1-2-3-4-5-6-7-8-9-10-11-12-13-14-15-16-17-18-19-20-21-22-23/h1,3-4,18-19,23H,5-17,22H2/b4-3+,19-18+. The van der Waals surface area contributed by atoms with Gasteiger partial charge in [0, 0.05) is 0 Å². The lowest BCUT2D eigenvalue weighted by molar-refractivity contribution is 0.350. The Hall–Kier alpha value is -1.44. The predicted molar refractivity (Wildman–Crippen MR) is 102 cm³/mol. The van der Waals surface area contributed by atoms with Gasteiger partial charge in [0.2, 0.25) is 0 Å². The van der Waals surface area contributed by atoms with Gasteiger partial charge in [-0.3, -0.25) is 0 Å². The first-order valence-corrected chi connectivity index (χ1v) is 9.27. The molecule has 23 heavy (non-hydrogen) atoms. The summed E-state index contributed by atoms with van der Waals surface area (Å²) in [6.07, 6.45) is 30.1. The van der Waals surface area contributed by atoms with E-state index in [1.807, 2.05) is 12.2 Å². The molecule has 0 bridgehead atoms. The zero-order chi connectivity index (χ0) is 16.8. The number of aliphatic hydroxyl groups is 1. The van der Waals surface area contributed by atoms with Gasteiger partial charge >= 0.3 is 0 Å². The van der Waals surface area contributed by atoms with E-state index in [2.05, 4.69) is 29.9 Å². The second kappa shape index (κ2) is 20.6. The fourth-order valence-electron chi connectivity index (χ4n) is 2.51. The molecular formula is C22H34O. The van der Waals surface area contributed by atoms with E-state index in [0.29, 0.717) is 0 Å². The third kappa shape index (κ3) is 20.6. The van der Waals surface area contributed by atoms with Crippen LogP contribution in [0.4, 0.5) is 0 Å². The molecule has 0 aliphatic carbocycles. The van der Waals surface area contributed by atoms with Crippen LogP contribution in [0.25, 0.3) is 0 Å². The van der Waals surface area contributed by atoms with Gasteiger partial charge in [0.05, 0.1) is 0 Å². The Morgan fingerprint density at radius 1 is 0.652 bits per heavy atom. The topological polar surface area (TPSA) is 20.2 Å². The van der Waals surface area contributed by atoms with Crippen LogP contribution >= 0.6 is 0 Å². The summed E-state index contributed by atoms with van der Waals surface area (Å²) >= 11 is 0. The summed E-state index contributed by atoms with van der Waals surface area (Å²) in [6, 6.07) is 0. The molecule has 0 saturated heterocycles. The summed E-state index contributed by atoms with van der Waals surface area (Å²) in [5, 5.41) is 8.49. The molecule has 0 aliphatic rings. The van der Waals surface area contributed by atoms with Crippen molar-refractivity contribution in [3.63, 3.8) is 0 Å². The predicted octanol–water partition coefficient (Wildman–Crippen LogP) is 5.80. The minimum atomic E-state index is -0.0474. The van der Waals surface area contributed by atoms with Gasteiger partial charge < -0.3 is 5.11 Å². The number of allylic oxidation sites excluding steroid dienone is 4. The molecule has 1 heteroatoms. The molecule has 0 rings (SSSR count). The molecule has 0 fully saturated rings. The minimum absolute atomic E-state index is 0.0474. The van der Waals surface area contributed by atoms with E-state index in [1.165, 1.54) is 70.6 Å². The maximum Gasteiger partial charge on any atom is 0.104 e. The third-order valence-electron chi connectivity index (χ3n) is 3.84. The first-order valence-electron chi connectivity index (χ1n) is 9.27. The van der Waals surface area contributed by atoms with Gasteiger partial charge in [-0.25, -0.2) is 0 Å². The third-order valence-corrected chi connectivity index (χ3v) is 3.84. The van der Waals surface area contributed by atoms with Crippen LogP contribution in [0.2, 0.25) is 0 Å². The summed E-state index contributed by atoms with van der Waals surface area (Å²) in [6.45, 7) is -0.0474. The number of aliphatic hydroxyl groups excluding tert-OH is 1. The zero-order valence-electron chi connectivity index (χ0n) is 14.7. The number of unbranched alkanes of at least 4 members (excludes halogenated alkanes) is 12. The Labute approximate surface area is 144 Å². The summed E-state index contributed by atoms with van der Waals surface area (Å²) in [5.41, 5.74) is 0. The van der Waals surface area contributed by atoms with E-state index in [-0.39, 0.29) is 6.61 Å². The molecule has 1 N–H and O–H groups in total. The zero-order valence-corrected chi connectivity index (χ0v) is 14.7. The molecule has 0 atom stereocenters. The average molecular weight is 315 g/mol. The summed E-state index contributed by atoms with van der Waals surface area (Å²) in [7, 11) is 0. The fraction of sp³-hybridized carbons (Fsp3) is 0.636. The number of hydrogen-bond donors (Lipinski definition) is 1. The molecule has 1 nitrogen and oxygen atoms in total. The quantitative estimate of drug-likeness (QED) is 0.317. The Bertz CT molecular complexity index is 386. The van der Waals surface area contributed by atoms with Crippen LogP contribution in [0, 0.1) is 24.2 Å². The van der Waals surface area contributed by atoms with Crippen LogP contribution in [0.3, 0.4) is 0 Å². The molecule has 0 aromatic carbocycles. The molecule has 0 heterocycles. The lowest BCUT2D eigenvalue weighted by Gasteiger charge is -2.02. The van der Waals surface area contributed by atoms with Crippen molar-refractivity contribution in [1.29, 1.82) is 0 Å². The van der Waals surface area contributed by atoms with Crippen molar-refractivity contribution in [1.82, 2.24) is 0 Å². The van der Waals surface area contributed by atoms with Gasteiger partial charge in [-0.05, 0) is 37.8 Å². The van der Waals surface area contributed by atoms with Crippen LogP contribution in [-0.4, -0.2) is 11.7 Å². The first kappa shape index (κ1) is 21.6. The molecule has 0 unspecified atom stereocenters. The van der Waals surface area contributed by atoms with Gasteiger partial charge in [-0.15, -0.1) is 6.42 Å². The first-order chi connectivity index (χ1) is 11.4. The second-order valence-electron chi connectivity index (χ2n) is 5.92. The Morgan fingerprint density at radius 3 is 1.52 bits per heavy atom. The maximum atomic E-state index is 8.49. The largest absolute Gasteiger partial charge is 0.384 e. The highest BCUT2D eigenvalue weighted by Gasteiger charge is 1.93. The van der Waals surface area contributed by atoms with Gasteiger partial charge in [-0.2, -0.15) is 0 Å². The highest BCUT2D eigenvalue weighted by molar-refractivity contribution is 5.15.